The Hall–Kier alpha value is -3.28. The van der Waals surface area contributed by atoms with Gasteiger partial charge in [-0.3, -0.25) is 24.1 Å². The second-order valence-electron chi connectivity index (χ2n) is 5.19. The number of rotatable bonds is 5. The molecule has 1 aliphatic rings. The number of hydrogen-bond donors (Lipinski definition) is 0. The number of esters is 1. The standard InChI is InChI=1S/C18H13NO5/c20-11-12-5-1-4-8-15(12)24-16(21)9-10-19-17(22)13-6-2-3-7-14(13)18(19)23/h1-8,11H,9-10H2. The molecule has 0 fully saturated rings. The number of imide groups is 1. The minimum absolute atomic E-state index is 0.0750. The molecule has 2 aromatic carbocycles. The average Bonchev–Trinajstić information content (AvgIpc) is 2.85. The van der Waals surface area contributed by atoms with Gasteiger partial charge in [0, 0.05) is 6.54 Å². The molecule has 1 heterocycles. The number of fused-ring (bicyclic) bond motifs is 1. The number of carbonyl (C=O) groups is 4. The minimum Gasteiger partial charge on any atom is -0.426 e. The molecule has 0 aliphatic carbocycles. The summed E-state index contributed by atoms with van der Waals surface area (Å²) in [6.07, 6.45) is 0.436. The van der Waals surface area contributed by atoms with Crippen LogP contribution in [0.5, 0.6) is 5.75 Å². The van der Waals surface area contributed by atoms with Crippen molar-refractivity contribution in [3.05, 3.63) is 65.2 Å². The lowest BCUT2D eigenvalue weighted by molar-refractivity contribution is -0.134. The summed E-state index contributed by atoms with van der Waals surface area (Å²) in [6.45, 7) is -0.0750. The number of ether oxygens (including phenoxy) is 1. The van der Waals surface area contributed by atoms with E-state index in [1.54, 1.807) is 36.4 Å². The number of para-hydroxylation sites is 1. The van der Waals surface area contributed by atoms with Crippen LogP contribution in [0.3, 0.4) is 0 Å². The van der Waals surface area contributed by atoms with Gasteiger partial charge in [-0.15, -0.1) is 0 Å². The number of benzene rings is 2. The molecule has 0 N–H and O–H groups in total. The number of aldehydes is 1. The number of hydrogen-bond acceptors (Lipinski definition) is 5. The Kier molecular flexibility index (Phi) is 4.20. The van der Waals surface area contributed by atoms with Crippen LogP contribution in [0, 0.1) is 0 Å². The van der Waals surface area contributed by atoms with Crippen molar-refractivity contribution in [2.45, 2.75) is 6.42 Å². The summed E-state index contributed by atoms with van der Waals surface area (Å²) in [4.78, 5) is 48.2. The molecule has 0 saturated carbocycles. The molecule has 0 spiro atoms. The van der Waals surface area contributed by atoms with Gasteiger partial charge in [0.15, 0.2) is 6.29 Å². The van der Waals surface area contributed by atoms with E-state index < -0.39 is 17.8 Å². The van der Waals surface area contributed by atoms with Crippen LogP contribution in [-0.2, 0) is 4.79 Å². The fourth-order valence-corrected chi connectivity index (χ4v) is 2.49. The van der Waals surface area contributed by atoms with E-state index in [0.717, 1.165) is 4.90 Å². The van der Waals surface area contributed by atoms with Crippen LogP contribution in [0.2, 0.25) is 0 Å². The molecule has 1 aliphatic heterocycles. The number of amides is 2. The summed E-state index contributed by atoms with van der Waals surface area (Å²) >= 11 is 0. The van der Waals surface area contributed by atoms with E-state index in [2.05, 4.69) is 0 Å². The molecule has 120 valence electrons. The quantitative estimate of drug-likeness (QED) is 0.364. The lowest BCUT2D eigenvalue weighted by atomic mass is 10.1. The number of nitrogens with zero attached hydrogens (tertiary/aromatic N) is 1. The lowest BCUT2D eigenvalue weighted by Gasteiger charge is -2.13. The van der Waals surface area contributed by atoms with Gasteiger partial charge in [-0.2, -0.15) is 0 Å². The molecule has 6 heteroatoms. The van der Waals surface area contributed by atoms with Crippen molar-refractivity contribution in [1.29, 1.82) is 0 Å². The van der Waals surface area contributed by atoms with E-state index in [9.17, 15) is 19.2 Å². The maximum absolute atomic E-state index is 12.2. The van der Waals surface area contributed by atoms with Gasteiger partial charge < -0.3 is 4.74 Å². The van der Waals surface area contributed by atoms with Gasteiger partial charge in [-0.05, 0) is 24.3 Å². The second-order valence-corrected chi connectivity index (χ2v) is 5.19. The fraction of sp³-hybridized carbons (Fsp3) is 0.111. The molecule has 2 amide bonds. The Bertz CT molecular complexity index is 808. The highest BCUT2D eigenvalue weighted by molar-refractivity contribution is 6.21. The van der Waals surface area contributed by atoms with Gasteiger partial charge in [0.1, 0.15) is 5.75 Å². The van der Waals surface area contributed by atoms with E-state index in [1.807, 2.05) is 0 Å². The zero-order chi connectivity index (χ0) is 17.1. The monoisotopic (exact) mass is 323 g/mol. The van der Waals surface area contributed by atoms with Crippen molar-refractivity contribution in [3.8, 4) is 5.75 Å². The molecule has 0 bridgehead atoms. The van der Waals surface area contributed by atoms with Crippen LogP contribution >= 0.6 is 0 Å². The lowest BCUT2D eigenvalue weighted by Crippen LogP contribution is -2.32. The predicted octanol–water partition coefficient (Wildman–Crippen LogP) is 2.09. The normalized spacial score (nSPS) is 12.9. The van der Waals surface area contributed by atoms with Crippen molar-refractivity contribution in [2.24, 2.45) is 0 Å². The molecule has 3 rings (SSSR count). The molecule has 6 nitrogen and oxygen atoms in total. The zero-order valence-electron chi connectivity index (χ0n) is 12.6. The third-order valence-corrected chi connectivity index (χ3v) is 3.69. The summed E-state index contributed by atoms with van der Waals surface area (Å²) in [6, 6.07) is 12.8. The first-order valence-corrected chi connectivity index (χ1v) is 7.32. The summed E-state index contributed by atoms with van der Waals surface area (Å²) in [5.41, 5.74) is 0.927. The van der Waals surface area contributed by atoms with E-state index in [-0.39, 0.29) is 24.3 Å². The van der Waals surface area contributed by atoms with E-state index in [1.165, 1.54) is 12.1 Å². The van der Waals surface area contributed by atoms with Crippen LogP contribution < -0.4 is 4.74 Å². The first-order chi connectivity index (χ1) is 11.6. The van der Waals surface area contributed by atoms with Gasteiger partial charge in [-0.25, -0.2) is 0 Å². The van der Waals surface area contributed by atoms with Gasteiger partial charge in [0.05, 0.1) is 23.1 Å². The van der Waals surface area contributed by atoms with Crippen molar-refractivity contribution in [1.82, 2.24) is 4.90 Å². The van der Waals surface area contributed by atoms with Gasteiger partial charge >= 0.3 is 5.97 Å². The molecule has 0 atom stereocenters. The fourth-order valence-electron chi connectivity index (χ4n) is 2.49. The topological polar surface area (TPSA) is 80.8 Å². The highest BCUT2D eigenvalue weighted by atomic mass is 16.5. The van der Waals surface area contributed by atoms with Crippen LogP contribution in [0.15, 0.2) is 48.5 Å². The Morgan fingerprint density at radius 3 is 2.17 bits per heavy atom. The first-order valence-electron chi connectivity index (χ1n) is 7.32. The third kappa shape index (κ3) is 2.81. The summed E-state index contributed by atoms with van der Waals surface area (Å²) in [7, 11) is 0. The highest BCUT2D eigenvalue weighted by Gasteiger charge is 2.35. The van der Waals surface area contributed by atoms with Crippen molar-refractivity contribution in [2.75, 3.05) is 6.54 Å². The van der Waals surface area contributed by atoms with Crippen molar-refractivity contribution in [3.63, 3.8) is 0 Å². The van der Waals surface area contributed by atoms with Crippen molar-refractivity contribution >= 4 is 24.1 Å². The summed E-state index contributed by atoms with van der Waals surface area (Å²) < 4.78 is 5.12. The zero-order valence-corrected chi connectivity index (χ0v) is 12.6. The maximum Gasteiger partial charge on any atom is 0.313 e. The predicted molar refractivity (Wildman–Crippen MR) is 83.9 cm³/mol. The van der Waals surface area contributed by atoms with Gasteiger partial charge in [0.25, 0.3) is 11.8 Å². The first kappa shape index (κ1) is 15.6. The van der Waals surface area contributed by atoms with Crippen LogP contribution in [0.4, 0.5) is 0 Å². The summed E-state index contributed by atoms with van der Waals surface area (Å²) in [5, 5.41) is 0. The second kappa shape index (κ2) is 6.45. The number of carbonyl (C=O) groups excluding carboxylic acids is 4. The molecule has 24 heavy (non-hydrogen) atoms. The van der Waals surface area contributed by atoms with E-state index >= 15 is 0 Å². The minimum atomic E-state index is -0.624. The Morgan fingerprint density at radius 1 is 0.958 bits per heavy atom. The summed E-state index contributed by atoms with van der Waals surface area (Å²) in [5.74, 6) is -1.31. The smallest absolute Gasteiger partial charge is 0.313 e. The van der Waals surface area contributed by atoms with Gasteiger partial charge in [-0.1, -0.05) is 24.3 Å². The van der Waals surface area contributed by atoms with E-state index in [4.69, 9.17) is 4.74 Å². The maximum atomic E-state index is 12.2. The Balaban J connectivity index is 1.64. The van der Waals surface area contributed by atoms with E-state index in [0.29, 0.717) is 17.4 Å². The van der Waals surface area contributed by atoms with Crippen LogP contribution in [0.1, 0.15) is 37.5 Å². The Labute approximate surface area is 137 Å². The third-order valence-electron chi connectivity index (χ3n) is 3.69. The molecule has 0 radical (unpaired) electrons. The Morgan fingerprint density at radius 2 is 1.54 bits per heavy atom. The van der Waals surface area contributed by atoms with Crippen LogP contribution in [0.25, 0.3) is 0 Å². The molecule has 0 saturated heterocycles. The van der Waals surface area contributed by atoms with Crippen LogP contribution in [-0.4, -0.2) is 35.5 Å². The average molecular weight is 323 g/mol. The SMILES string of the molecule is O=Cc1ccccc1OC(=O)CCN1C(=O)c2ccccc2C1=O. The highest BCUT2D eigenvalue weighted by Crippen LogP contribution is 2.23. The van der Waals surface area contributed by atoms with Gasteiger partial charge in [0.2, 0.25) is 0 Å². The molecule has 2 aromatic rings. The molecular weight excluding hydrogens is 310 g/mol. The largest absolute Gasteiger partial charge is 0.426 e. The molecule has 0 aromatic heterocycles. The molecule has 0 unspecified atom stereocenters. The van der Waals surface area contributed by atoms with Crippen molar-refractivity contribution < 1.29 is 23.9 Å². The molecular formula is C18H13NO5.